The van der Waals surface area contributed by atoms with E-state index in [0.717, 1.165) is 0 Å². The molecule has 0 aromatic heterocycles. The minimum Gasteiger partial charge on any atom is -0.850 e. The summed E-state index contributed by atoms with van der Waals surface area (Å²) in [4.78, 5) is 8.56. The van der Waals surface area contributed by atoms with Crippen molar-refractivity contribution >= 4 is 6.16 Å². The van der Waals surface area contributed by atoms with E-state index in [9.17, 15) is 5.11 Å². The quantitative estimate of drug-likeness (QED) is 0.613. The fourth-order valence-corrected chi connectivity index (χ4v) is 0.534. The molecule has 0 aliphatic carbocycles. The van der Waals surface area contributed by atoms with Crippen LogP contribution < -0.4 is 56.5 Å². The van der Waals surface area contributed by atoms with Crippen LogP contribution in [0.3, 0.4) is 0 Å². The van der Waals surface area contributed by atoms with Crippen LogP contribution in [-0.4, -0.2) is 22.0 Å². The zero-order valence-electron chi connectivity index (χ0n) is 11.1. The molecule has 4 nitrogen and oxygen atoms in total. The minimum atomic E-state index is -1.83. The number of aryl methyl sites for hydroxylation is 1. The first-order valence-corrected chi connectivity index (χ1v) is 4.77. The maximum atomic E-state index is 10.1. The van der Waals surface area contributed by atoms with E-state index in [0.29, 0.717) is 0 Å². The average Bonchev–Trinajstić information content (AvgIpc) is 2.00. The van der Waals surface area contributed by atoms with Crippen LogP contribution in [0.2, 0.25) is 0 Å². The van der Waals surface area contributed by atoms with E-state index in [4.69, 9.17) is 15.0 Å². The SMILES string of the molecule is CC(C)(C)[O-].Cc1ccccc1.O=C(O)O.[K+]. The molecule has 0 aliphatic heterocycles. The smallest absolute Gasteiger partial charge is 0.850 e. The number of hydrogen-bond donors (Lipinski definition) is 2. The molecule has 92 valence electrons. The third kappa shape index (κ3) is 48.8. The van der Waals surface area contributed by atoms with E-state index in [1.165, 1.54) is 5.56 Å². The van der Waals surface area contributed by atoms with Crippen molar-refractivity contribution < 1.29 is 71.5 Å². The van der Waals surface area contributed by atoms with Crippen molar-refractivity contribution in [3.63, 3.8) is 0 Å². The number of benzene rings is 1. The van der Waals surface area contributed by atoms with Crippen molar-refractivity contribution in [3.8, 4) is 0 Å². The molecule has 0 bridgehead atoms. The molecule has 2 N–H and O–H groups in total. The van der Waals surface area contributed by atoms with Gasteiger partial charge in [-0.1, -0.05) is 56.7 Å². The summed E-state index contributed by atoms with van der Waals surface area (Å²) < 4.78 is 0. The Morgan fingerprint density at radius 1 is 1.12 bits per heavy atom. The Morgan fingerprint density at radius 2 is 1.35 bits per heavy atom. The summed E-state index contributed by atoms with van der Waals surface area (Å²) in [6.45, 7) is 6.98. The maximum Gasteiger partial charge on any atom is 1.00 e. The van der Waals surface area contributed by atoms with Crippen LogP contribution in [0.15, 0.2) is 30.3 Å². The van der Waals surface area contributed by atoms with Gasteiger partial charge in [0.2, 0.25) is 0 Å². The van der Waals surface area contributed by atoms with E-state index in [1.807, 2.05) is 18.2 Å². The Morgan fingerprint density at radius 3 is 1.47 bits per heavy atom. The van der Waals surface area contributed by atoms with Crippen LogP contribution in [0.5, 0.6) is 0 Å². The van der Waals surface area contributed by atoms with E-state index < -0.39 is 11.8 Å². The van der Waals surface area contributed by atoms with Gasteiger partial charge in [-0.3, -0.25) is 0 Å². The molecular formula is C12H19KO4. The summed E-state index contributed by atoms with van der Waals surface area (Å²) >= 11 is 0. The number of carboxylic acid groups (broad SMARTS) is 2. The minimum absolute atomic E-state index is 0. The largest absolute Gasteiger partial charge is 1.00 e. The van der Waals surface area contributed by atoms with Gasteiger partial charge >= 0.3 is 57.5 Å². The third-order valence-corrected chi connectivity index (χ3v) is 0.940. The zero-order chi connectivity index (χ0) is 13.2. The van der Waals surface area contributed by atoms with Crippen LogP contribution in [0.1, 0.15) is 26.3 Å². The topological polar surface area (TPSA) is 80.6 Å². The van der Waals surface area contributed by atoms with E-state index in [1.54, 1.807) is 20.8 Å². The molecular weight excluding hydrogens is 247 g/mol. The van der Waals surface area contributed by atoms with Gasteiger partial charge in [-0.05, 0) is 6.92 Å². The zero-order valence-corrected chi connectivity index (χ0v) is 14.2. The Hall–Kier alpha value is 0.0864. The summed E-state index contributed by atoms with van der Waals surface area (Å²) in [5, 5.41) is 24.0. The Balaban J connectivity index is -0.000000177. The summed E-state index contributed by atoms with van der Waals surface area (Å²) in [7, 11) is 0. The molecule has 0 fully saturated rings. The van der Waals surface area contributed by atoms with Gasteiger partial charge in [0.05, 0.1) is 0 Å². The van der Waals surface area contributed by atoms with Crippen molar-refractivity contribution in [1.82, 2.24) is 0 Å². The first-order chi connectivity index (χ1) is 7.13. The molecule has 0 unspecified atom stereocenters. The summed E-state index contributed by atoms with van der Waals surface area (Å²) in [5.41, 5.74) is 0.572. The Labute approximate surface area is 145 Å². The van der Waals surface area contributed by atoms with Gasteiger partial charge in [0.1, 0.15) is 0 Å². The second kappa shape index (κ2) is 12.5. The van der Waals surface area contributed by atoms with Crippen molar-refractivity contribution in [2.24, 2.45) is 0 Å². The molecule has 0 saturated heterocycles. The predicted molar refractivity (Wildman–Crippen MR) is 61.6 cm³/mol. The van der Waals surface area contributed by atoms with Crippen molar-refractivity contribution in [2.45, 2.75) is 33.3 Å². The maximum absolute atomic E-state index is 10.1. The predicted octanol–water partition coefficient (Wildman–Crippen LogP) is -0.633. The number of hydrogen-bond acceptors (Lipinski definition) is 2. The van der Waals surface area contributed by atoms with Gasteiger partial charge < -0.3 is 15.3 Å². The Kier molecular flexibility index (Phi) is 16.4. The van der Waals surface area contributed by atoms with Gasteiger partial charge in [-0.15, -0.1) is 5.60 Å². The molecule has 1 rings (SSSR count). The molecule has 1 aromatic rings. The van der Waals surface area contributed by atoms with Gasteiger partial charge in [0.25, 0.3) is 0 Å². The molecule has 17 heavy (non-hydrogen) atoms. The van der Waals surface area contributed by atoms with E-state index in [2.05, 4.69) is 19.1 Å². The van der Waals surface area contributed by atoms with Crippen LogP contribution in [-0.2, 0) is 0 Å². The molecule has 0 amide bonds. The first kappa shape index (κ1) is 22.3. The fraction of sp³-hybridized carbons (Fsp3) is 0.417. The molecule has 1 aromatic carbocycles. The second-order valence-electron chi connectivity index (χ2n) is 4.05. The molecule has 0 spiro atoms. The van der Waals surface area contributed by atoms with Gasteiger partial charge in [-0.2, -0.15) is 0 Å². The second-order valence-corrected chi connectivity index (χ2v) is 4.05. The summed E-state index contributed by atoms with van der Waals surface area (Å²) in [5.74, 6) is 0. The number of rotatable bonds is 0. The van der Waals surface area contributed by atoms with Crippen molar-refractivity contribution in [1.29, 1.82) is 0 Å². The normalized spacial score (nSPS) is 8.53. The first-order valence-electron chi connectivity index (χ1n) is 4.77. The molecule has 5 heteroatoms. The van der Waals surface area contributed by atoms with Crippen LogP contribution in [0.4, 0.5) is 4.79 Å². The number of carbonyl (C=O) groups is 1. The van der Waals surface area contributed by atoms with Crippen molar-refractivity contribution in [2.75, 3.05) is 0 Å². The van der Waals surface area contributed by atoms with Crippen LogP contribution in [0.25, 0.3) is 0 Å². The molecule has 0 aliphatic rings. The molecule has 0 saturated carbocycles. The van der Waals surface area contributed by atoms with Gasteiger partial charge in [0, 0.05) is 0 Å². The van der Waals surface area contributed by atoms with Crippen molar-refractivity contribution in [3.05, 3.63) is 35.9 Å². The Bertz CT molecular complexity index is 270. The van der Waals surface area contributed by atoms with Gasteiger partial charge in [0.15, 0.2) is 0 Å². The third-order valence-electron chi connectivity index (χ3n) is 0.940. The van der Waals surface area contributed by atoms with Crippen LogP contribution in [0, 0.1) is 6.92 Å². The monoisotopic (exact) mass is 266 g/mol. The fourth-order valence-electron chi connectivity index (χ4n) is 0.534. The van der Waals surface area contributed by atoms with Crippen LogP contribution >= 0.6 is 0 Å². The molecule has 0 heterocycles. The molecule has 0 atom stereocenters. The summed E-state index contributed by atoms with van der Waals surface area (Å²) in [6.07, 6.45) is -1.83. The average molecular weight is 266 g/mol. The van der Waals surface area contributed by atoms with E-state index in [-0.39, 0.29) is 51.4 Å². The molecule has 0 radical (unpaired) electrons. The van der Waals surface area contributed by atoms with E-state index >= 15 is 0 Å². The van der Waals surface area contributed by atoms with Gasteiger partial charge in [-0.25, -0.2) is 4.79 Å². The standard InChI is InChI=1S/C7H8.C4H9O.CH2O3.K/c1-7-5-3-2-4-6-7;1-4(2,3)5;2-1(3)4;/h2-6H,1H3;1-3H3;(H2,2,3,4);/q;-1;;+1. The summed E-state index contributed by atoms with van der Waals surface area (Å²) in [6, 6.07) is 10.3.